The fraction of sp³-hybridized carbons (Fsp3) is 0.417. The summed E-state index contributed by atoms with van der Waals surface area (Å²) in [6, 6.07) is 8.40. The zero-order valence-corrected chi connectivity index (χ0v) is 8.72. The summed E-state index contributed by atoms with van der Waals surface area (Å²) < 4.78 is 11.3. The Bertz CT molecular complexity index is 472. The Labute approximate surface area is 93.3 Å². The van der Waals surface area contributed by atoms with Gasteiger partial charge in [0, 0.05) is 6.42 Å². The second kappa shape index (κ2) is 3.06. The van der Waals surface area contributed by atoms with Crippen LogP contribution in [-0.4, -0.2) is 30.8 Å². The Morgan fingerprint density at radius 1 is 1.31 bits per heavy atom. The van der Waals surface area contributed by atoms with Gasteiger partial charge in [-0.05, 0) is 12.1 Å². The first-order chi connectivity index (χ1) is 7.90. The molecule has 3 atom stereocenters. The van der Waals surface area contributed by atoms with E-state index in [2.05, 4.69) is 16.4 Å². The van der Waals surface area contributed by atoms with Crippen LogP contribution >= 0.6 is 0 Å². The topological polar surface area (TPSA) is 42.9 Å². The van der Waals surface area contributed by atoms with Crippen LogP contribution in [-0.2, 0) is 9.47 Å². The average Bonchev–Trinajstić information content (AvgIpc) is 2.66. The van der Waals surface area contributed by atoms with E-state index in [4.69, 9.17) is 9.47 Å². The van der Waals surface area contributed by atoms with Crippen LogP contribution in [0.15, 0.2) is 29.3 Å². The van der Waals surface area contributed by atoms with Gasteiger partial charge >= 0.3 is 0 Å². The summed E-state index contributed by atoms with van der Waals surface area (Å²) in [6.07, 6.45) is 0.869. The molecular formula is C12H12N2O2. The number of rotatable bonds is 0. The van der Waals surface area contributed by atoms with Crippen LogP contribution in [0.5, 0.6) is 0 Å². The Morgan fingerprint density at radius 3 is 3.25 bits per heavy atom. The molecule has 0 unspecified atom stereocenters. The molecule has 3 aliphatic rings. The van der Waals surface area contributed by atoms with Crippen LogP contribution in [0.3, 0.4) is 0 Å². The van der Waals surface area contributed by atoms with E-state index in [9.17, 15) is 0 Å². The molecule has 0 saturated carbocycles. The highest BCUT2D eigenvalue weighted by Crippen LogP contribution is 2.36. The molecule has 0 aliphatic carbocycles. The van der Waals surface area contributed by atoms with Gasteiger partial charge in [0.05, 0.1) is 29.7 Å². The summed E-state index contributed by atoms with van der Waals surface area (Å²) in [4.78, 5) is 4.64. The second-order valence-electron chi connectivity index (χ2n) is 4.42. The van der Waals surface area contributed by atoms with Gasteiger partial charge < -0.3 is 14.8 Å². The number of anilines is 1. The van der Waals surface area contributed by atoms with Gasteiger partial charge in [-0.25, -0.2) is 0 Å². The maximum absolute atomic E-state index is 5.76. The van der Waals surface area contributed by atoms with Crippen LogP contribution in [0, 0.1) is 0 Å². The molecule has 0 amide bonds. The lowest BCUT2D eigenvalue weighted by atomic mass is 10.0. The molecule has 3 aliphatic heterocycles. The predicted octanol–water partition coefficient (Wildman–Crippen LogP) is 1.70. The fourth-order valence-electron chi connectivity index (χ4n) is 2.55. The van der Waals surface area contributed by atoms with E-state index < -0.39 is 0 Å². The molecule has 1 aromatic carbocycles. The lowest BCUT2D eigenvalue weighted by Gasteiger charge is -2.27. The molecule has 16 heavy (non-hydrogen) atoms. The van der Waals surface area contributed by atoms with Crippen molar-refractivity contribution in [3.63, 3.8) is 0 Å². The molecule has 4 rings (SSSR count). The number of aliphatic imine (C=N–C) groups is 1. The minimum Gasteiger partial charge on any atom is -0.377 e. The number of ether oxygens (including phenoxy) is 2. The second-order valence-corrected chi connectivity index (χ2v) is 4.42. The van der Waals surface area contributed by atoms with Crippen LogP contribution in [0.25, 0.3) is 0 Å². The highest BCUT2D eigenvalue weighted by molar-refractivity contribution is 5.94. The molecule has 1 N–H and O–H groups in total. The number of benzene rings is 1. The largest absolute Gasteiger partial charge is 0.377 e. The third-order valence-corrected chi connectivity index (χ3v) is 3.37. The summed E-state index contributed by atoms with van der Waals surface area (Å²) in [5, 5.41) is 3.50. The number of fused-ring (bicyclic) bond motifs is 7. The van der Waals surface area contributed by atoms with Crippen molar-refractivity contribution in [1.82, 2.24) is 0 Å². The minimum absolute atomic E-state index is 0.162. The third-order valence-electron chi connectivity index (χ3n) is 3.37. The minimum atomic E-state index is -0.214. The van der Waals surface area contributed by atoms with Crippen molar-refractivity contribution in [3.05, 3.63) is 24.3 Å². The number of hydrogen-bond acceptors (Lipinski definition) is 4. The average molecular weight is 216 g/mol. The molecule has 3 heterocycles. The van der Waals surface area contributed by atoms with E-state index in [1.807, 2.05) is 18.2 Å². The molecule has 0 radical (unpaired) electrons. The molecule has 2 fully saturated rings. The zero-order valence-electron chi connectivity index (χ0n) is 8.72. The molecular weight excluding hydrogens is 204 g/mol. The first-order valence-corrected chi connectivity index (χ1v) is 5.60. The first-order valence-electron chi connectivity index (χ1n) is 5.60. The highest BCUT2D eigenvalue weighted by Gasteiger charge is 2.43. The lowest BCUT2D eigenvalue weighted by molar-refractivity contribution is -0.0191. The highest BCUT2D eigenvalue weighted by atomic mass is 16.7. The lowest BCUT2D eigenvalue weighted by Crippen LogP contribution is -2.42. The smallest absolute Gasteiger partial charge is 0.197 e. The molecule has 0 aromatic heterocycles. The van der Waals surface area contributed by atoms with Gasteiger partial charge in [0.2, 0.25) is 0 Å². The van der Waals surface area contributed by atoms with Crippen molar-refractivity contribution in [2.45, 2.75) is 24.9 Å². The van der Waals surface area contributed by atoms with Crippen LogP contribution in [0.2, 0.25) is 0 Å². The Kier molecular flexibility index (Phi) is 1.67. The molecule has 4 nitrogen and oxygen atoms in total. The molecule has 82 valence electrons. The Hall–Kier alpha value is -1.39. The fourth-order valence-corrected chi connectivity index (χ4v) is 2.55. The molecule has 4 heteroatoms. The van der Waals surface area contributed by atoms with E-state index >= 15 is 0 Å². The predicted molar refractivity (Wildman–Crippen MR) is 60.2 cm³/mol. The van der Waals surface area contributed by atoms with Crippen molar-refractivity contribution in [2.75, 3.05) is 11.9 Å². The monoisotopic (exact) mass is 216 g/mol. The standard InChI is InChI=1S/C12H12N2O2/c1-2-4-8-7(3-1)13-9-5-10(14-8)12-15-6-11(9)16-12/h1-4,9,11-13H,5-6H2/t9-,11-,12-/m0/s1. The van der Waals surface area contributed by atoms with E-state index in [0.29, 0.717) is 12.6 Å². The first kappa shape index (κ1) is 8.73. The zero-order chi connectivity index (χ0) is 10.5. The SMILES string of the molecule is c1ccc2c(c1)N=C1C[C@H](N2)[C@@H]2CO[C@H]1O2. The Balaban J connectivity index is 1.87. The third kappa shape index (κ3) is 1.14. The van der Waals surface area contributed by atoms with E-state index in [1.165, 1.54) is 0 Å². The van der Waals surface area contributed by atoms with Crippen LogP contribution in [0.1, 0.15) is 6.42 Å². The van der Waals surface area contributed by atoms with Gasteiger partial charge in [-0.2, -0.15) is 0 Å². The van der Waals surface area contributed by atoms with Crippen molar-refractivity contribution >= 4 is 17.1 Å². The summed E-state index contributed by atoms with van der Waals surface area (Å²) in [6.45, 7) is 0.670. The van der Waals surface area contributed by atoms with Gasteiger partial charge in [0.15, 0.2) is 6.29 Å². The molecule has 1 aromatic rings. The van der Waals surface area contributed by atoms with Gasteiger partial charge in [0.25, 0.3) is 0 Å². The van der Waals surface area contributed by atoms with Gasteiger partial charge in [-0.1, -0.05) is 12.1 Å². The van der Waals surface area contributed by atoms with Crippen LogP contribution < -0.4 is 5.32 Å². The number of para-hydroxylation sites is 2. The quantitative estimate of drug-likeness (QED) is 0.717. The summed E-state index contributed by atoms with van der Waals surface area (Å²) in [5.74, 6) is 0. The number of nitrogens with zero attached hydrogens (tertiary/aromatic N) is 1. The summed E-state index contributed by atoms with van der Waals surface area (Å²) >= 11 is 0. The molecule has 0 spiro atoms. The van der Waals surface area contributed by atoms with Crippen LogP contribution in [0.4, 0.5) is 11.4 Å². The number of nitrogens with one attached hydrogen (secondary N) is 1. The normalized spacial score (nSPS) is 34.8. The van der Waals surface area contributed by atoms with Crippen molar-refractivity contribution < 1.29 is 9.47 Å². The van der Waals surface area contributed by atoms with Crippen molar-refractivity contribution in [3.8, 4) is 0 Å². The summed E-state index contributed by atoms with van der Waals surface area (Å²) in [7, 11) is 0. The van der Waals surface area contributed by atoms with E-state index in [0.717, 1.165) is 23.5 Å². The molecule has 4 bridgehead atoms. The summed E-state index contributed by atoms with van der Waals surface area (Å²) in [5.41, 5.74) is 3.09. The van der Waals surface area contributed by atoms with Crippen molar-refractivity contribution in [1.29, 1.82) is 0 Å². The molecule has 2 saturated heterocycles. The van der Waals surface area contributed by atoms with Gasteiger partial charge in [-0.3, -0.25) is 4.99 Å². The van der Waals surface area contributed by atoms with E-state index in [1.54, 1.807) is 0 Å². The maximum Gasteiger partial charge on any atom is 0.197 e. The van der Waals surface area contributed by atoms with Gasteiger partial charge in [-0.15, -0.1) is 0 Å². The number of hydrogen-bond donors (Lipinski definition) is 1. The van der Waals surface area contributed by atoms with Crippen molar-refractivity contribution in [2.24, 2.45) is 4.99 Å². The van der Waals surface area contributed by atoms with E-state index in [-0.39, 0.29) is 12.4 Å². The van der Waals surface area contributed by atoms with Gasteiger partial charge in [0.1, 0.15) is 6.10 Å². The Morgan fingerprint density at radius 2 is 2.25 bits per heavy atom. The maximum atomic E-state index is 5.76.